The minimum absolute atomic E-state index is 0.270. The number of thioether (sulfide) groups is 1. The van der Waals surface area contributed by atoms with Gasteiger partial charge in [0.05, 0.1) is 18.1 Å². The molecule has 9 heteroatoms. The van der Waals surface area contributed by atoms with E-state index in [4.69, 9.17) is 9.47 Å². The van der Waals surface area contributed by atoms with Crippen molar-refractivity contribution in [3.05, 3.63) is 65.6 Å². The van der Waals surface area contributed by atoms with Gasteiger partial charge in [-0.15, -0.1) is 0 Å². The van der Waals surface area contributed by atoms with Gasteiger partial charge >= 0.3 is 5.97 Å². The minimum atomic E-state index is -0.609. The molecule has 0 N–H and O–H groups in total. The Kier molecular flexibility index (Phi) is 8.39. The molecule has 162 valence electrons. The summed E-state index contributed by atoms with van der Waals surface area (Å²) < 4.78 is 12.8. The Balaban J connectivity index is 1.73. The third-order valence-corrected chi connectivity index (χ3v) is 6.58. The van der Waals surface area contributed by atoms with Crippen LogP contribution in [0.4, 0.5) is 4.79 Å². The minimum Gasteiger partial charge on any atom is -0.487 e. The monoisotopic (exact) mass is 663 g/mol. The Morgan fingerprint density at radius 2 is 1.77 bits per heavy atom. The molecule has 2 amide bonds. The fourth-order valence-corrected chi connectivity index (χ4v) is 5.71. The van der Waals surface area contributed by atoms with E-state index in [0.29, 0.717) is 6.61 Å². The zero-order valence-corrected chi connectivity index (χ0v) is 21.9. The van der Waals surface area contributed by atoms with Crippen molar-refractivity contribution in [2.75, 3.05) is 6.54 Å². The molecule has 0 unspecified atom stereocenters. The van der Waals surface area contributed by atoms with E-state index < -0.39 is 17.1 Å². The lowest BCUT2D eigenvalue weighted by Crippen LogP contribution is -2.35. The molecule has 2 aromatic rings. The van der Waals surface area contributed by atoms with E-state index in [1.807, 2.05) is 42.5 Å². The van der Waals surface area contributed by atoms with E-state index in [1.54, 1.807) is 19.9 Å². The van der Waals surface area contributed by atoms with Crippen molar-refractivity contribution in [1.29, 1.82) is 0 Å². The molecule has 1 fully saturated rings. The second-order valence-corrected chi connectivity index (χ2v) is 10.2. The molecule has 6 nitrogen and oxygen atoms in total. The summed E-state index contributed by atoms with van der Waals surface area (Å²) >= 11 is 5.20. The summed E-state index contributed by atoms with van der Waals surface area (Å²) in [7, 11) is 0. The number of hydrogen-bond donors (Lipinski definition) is 0. The van der Waals surface area contributed by atoms with Crippen LogP contribution < -0.4 is 4.74 Å². The number of carbonyl (C=O) groups is 3. The predicted molar refractivity (Wildman–Crippen MR) is 137 cm³/mol. The standard InChI is InChI=1S/C22H19I2NO5S/c1-13(2)30-19(26)11-25-21(27)18(31-22(25)28)10-15-8-16(23)20(17(24)9-15)29-12-14-6-4-3-5-7-14/h3-10,13H,11-12H2,1-2H3/b18-10-. The number of amides is 2. The van der Waals surface area contributed by atoms with E-state index >= 15 is 0 Å². The van der Waals surface area contributed by atoms with Crippen molar-refractivity contribution in [3.8, 4) is 5.75 Å². The summed E-state index contributed by atoms with van der Waals surface area (Å²) in [5.41, 5.74) is 1.85. The van der Waals surface area contributed by atoms with Gasteiger partial charge in [-0.1, -0.05) is 30.3 Å². The van der Waals surface area contributed by atoms with Gasteiger partial charge in [0.1, 0.15) is 18.9 Å². The van der Waals surface area contributed by atoms with Crippen LogP contribution >= 0.6 is 56.9 Å². The van der Waals surface area contributed by atoms with Crippen molar-refractivity contribution in [2.45, 2.75) is 26.6 Å². The molecular formula is C22H19I2NO5S. The zero-order valence-electron chi connectivity index (χ0n) is 16.8. The average molecular weight is 663 g/mol. The highest BCUT2D eigenvalue weighted by Gasteiger charge is 2.36. The third-order valence-electron chi connectivity index (χ3n) is 4.07. The molecule has 0 aliphatic carbocycles. The Hall–Kier alpha value is -1.60. The fourth-order valence-electron chi connectivity index (χ4n) is 2.75. The average Bonchev–Trinajstić information content (AvgIpc) is 2.95. The second-order valence-electron chi connectivity index (χ2n) is 6.89. The lowest BCUT2D eigenvalue weighted by molar-refractivity contribution is -0.149. The van der Waals surface area contributed by atoms with Gasteiger partial charge in [-0.3, -0.25) is 19.3 Å². The summed E-state index contributed by atoms with van der Waals surface area (Å²) in [4.78, 5) is 37.9. The molecule has 0 spiro atoms. The van der Waals surface area contributed by atoms with Crippen LogP contribution in [0.25, 0.3) is 6.08 Å². The number of halogens is 2. The first-order valence-corrected chi connectivity index (χ1v) is 12.3. The van der Waals surface area contributed by atoms with Crippen molar-refractivity contribution < 1.29 is 23.9 Å². The number of imide groups is 1. The molecule has 31 heavy (non-hydrogen) atoms. The van der Waals surface area contributed by atoms with Crippen molar-refractivity contribution in [3.63, 3.8) is 0 Å². The van der Waals surface area contributed by atoms with Gasteiger partial charge in [-0.25, -0.2) is 0 Å². The third kappa shape index (κ3) is 6.45. The van der Waals surface area contributed by atoms with Crippen molar-refractivity contribution in [1.82, 2.24) is 4.90 Å². The van der Waals surface area contributed by atoms with Gasteiger partial charge in [-0.05, 0) is 100 Å². The maximum atomic E-state index is 12.6. The molecule has 1 aliphatic rings. The number of carbonyl (C=O) groups excluding carboxylic acids is 3. The summed E-state index contributed by atoms with van der Waals surface area (Å²) in [6, 6.07) is 13.7. The first kappa shape index (κ1) is 24.1. The molecular weight excluding hydrogens is 644 g/mol. The van der Waals surface area contributed by atoms with Gasteiger partial charge < -0.3 is 9.47 Å². The quantitative estimate of drug-likeness (QED) is 0.223. The van der Waals surface area contributed by atoms with E-state index in [2.05, 4.69) is 45.2 Å². The molecule has 1 aliphatic heterocycles. The number of esters is 1. The summed E-state index contributed by atoms with van der Waals surface area (Å²) in [6.07, 6.45) is 1.35. The van der Waals surface area contributed by atoms with Crippen LogP contribution in [0.1, 0.15) is 25.0 Å². The summed E-state index contributed by atoms with van der Waals surface area (Å²) in [5.74, 6) is -0.334. The van der Waals surface area contributed by atoms with E-state index in [9.17, 15) is 14.4 Å². The highest BCUT2D eigenvalue weighted by atomic mass is 127. The first-order chi connectivity index (χ1) is 14.7. The van der Waals surface area contributed by atoms with Gasteiger partial charge in [0.2, 0.25) is 0 Å². The SMILES string of the molecule is CC(C)OC(=O)CN1C(=O)S/C(=C\c2cc(I)c(OCc3ccccc3)c(I)c2)C1=O. The van der Waals surface area contributed by atoms with Gasteiger partial charge in [0, 0.05) is 0 Å². The maximum absolute atomic E-state index is 12.6. The molecule has 2 aromatic carbocycles. The van der Waals surface area contributed by atoms with Gasteiger partial charge in [-0.2, -0.15) is 0 Å². The van der Waals surface area contributed by atoms with Crippen LogP contribution in [0, 0.1) is 7.14 Å². The molecule has 1 heterocycles. The van der Waals surface area contributed by atoms with Crippen LogP contribution in [0.15, 0.2) is 47.4 Å². The lowest BCUT2D eigenvalue weighted by Gasteiger charge is -2.13. The number of rotatable bonds is 7. The van der Waals surface area contributed by atoms with E-state index in [-0.39, 0.29) is 17.6 Å². The van der Waals surface area contributed by atoms with Gasteiger partial charge in [0.25, 0.3) is 11.1 Å². The molecule has 1 saturated heterocycles. The van der Waals surface area contributed by atoms with Crippen molar-refractivity contribution in [2.24, 2.45) is 0 Å². The summed E-state index contributed by atoms with van der Waals surface area (Å²) in [5, 5.41) is -0.482. The highest BCUT2D eigenvalue weighted by molar-refractivity contribution is 14.1. The largest absolute Gasteiger partial charge is 0.487 e. The Morgan fingerprint density at radius 1 is 1.13 bits per heavy atom. The molecule has 0 aromatic heterocycles. The molecule has 0 atom stereocenters. The number of hydrogen-bond acceptors (Lipinski definition) is 6. The molecule has 0 radical (unpaired) electrons. The van der Waals surface area contributed by atoms with E-state index in [0.717, 1.165) is 40.7 Å². The fraction of sp³-hybridized carbons (Fsp3) is 0.227. The maximum Gasteiger partial charge on any atom is 0.326 e. The number of nitrogens with zero attached hydrogens (tertiary/aromatic N) is 1. The predicted octanol–water partition coefficient (Wildman–Crippen LogP) is 5.46. The van der Waals surface area contributed by atoms with E-state index in [1.165, 1.54) is 0 Å². The van der Waals surface area contributed by atoms with Crippen molar-refractivity contribution >= 4 is 80.1 Å². The smallest absolute Gasteiger partial charge is 0.326 e. The summed E-state index contributed by atoms with van der Waals surface area (Å²) in [6.45, 7) is 3.49. The Bertz CT molecular complexity index is 1020. The van der Waals surface area contributed by atoms with Gasteiger partial charge in [0.15, 0.2) is 0 Å². The van der Waals surface area contributed by atoms with Crippen LogP contribution in [0.2, 0.25) is 0 Å². The first-order valence-electron chi connectivity index (χ1n) is 9.35. The Morgan fingerprint density at radius 3 is 2.39 bits per heavy atom. The number of benzene rings is 2. The second kappa shape index (κ2) is 10.8. The van der Waals surface area contributed by atoms with Crippen LogP contribution in [-0.2, 0) is 20.9 Å². The molecule has 0 saturated carbocycles. The zero-order chi connectivity index (χ0) is 22.5. The normalized spacial score (nSPS) is 15.1. The lowest BCUT2D eigenvalue weighted by atomic mass is 10.2. The Labute approximate surface area is 212 Å². The van der Waals surface area contributed by atoms with Crippen LogP contribution in [-0.4, -0.2) is 34.7 Å². The highest BCUT2D eigenvalue weighted by Crippen LogP contribution is 2.35. The molecule has 0 bridgehead atoms. The topological polar surface area (TPSA) is 72.9 Å². The molecule has 3 rings (SSSR count). The van der Waals surface area contributed by atoms with Crippen LogP contribution in [0.5, 0.6) is 5.75 Å². The number of ether oxygens (including phenoxy) is 2. The van der Waals surface area contributed by atoms with Crippen LogP contribution in [0.3, 0.4) is 0 Å².